The minimum absolute atomic E-state index is 0.123. The van der Waals surface area contributed by atoms with Gasteiger partial charge < -0.3 is 14.8 Å². The first kappa shape index (κ1) is 21.2. The summed E-state index contributed by atoms with van der Waals surface area (Å²) in [6.07, 6.45) is 3.22. The Bertz CT molecular complexity index is 1050. The third-order valence-corrected chi connectivity index (χ3v) is 6.05. The molecule has 1 N–H and O–H groups in total. The third-order valence-electron chi connectivity index (χ3n) is 5.80. The summed E-state index contributed by atoms with van der Waals surface area (Å²) in [5, 5.41) is 3.88. The van der Waals surface area contributed by atoms with Crippen LogP contribution in [0.4, 0.5) is 0 Å². The molecule has 4 rings (SSSR count). The molecule has 2 aromatic rings. The van der Waals surface area contributed by atoms with Crippen LogP contribution in [0.5, 0.6) is 5.75 Å². The fourth-order valence-corrected chi connectivity index (χ4v) is 4.39. The van der Waals surface area contributed by atoms with Gasteiger partial charge in [-0.25, -0.2) is 4.79 Å². The minimum Gasteiger partial charge on any atom is -0.497 e. The van der Waals surface area contributed by atoms with E-state index in [-0.39, 0.29) is 12.4 Å². The Morgan fingerprint density at radius 1 is 1.10 bits per heavy atom. The number of fused-ring (bicyclic) bond motifs is 1. The molecular formula is C25H24ClNO4. The Labute approximate surface area is 186 Å². The van der Waals surface area contributed by atoms with E-state index in [0.29, 0.717) is 29.1 Å². The molecule has 1 aliphatic heterocycles. The maximum absolute atomic E-state index is 13.2. The van der Waals surface area contributed by atoms with Crippen LogP contribution in [0, 0.1) is 5.92 Å². The first-order valence-corrected chi connectivity index (χ1v) is 10.6. The molecule has 0 spiro atoms. The van der Waals surface area contributed by atoms with Crippen LogP contribution >= 0.6 is 11.6 Å². The van der Waals surface area contributed by atoms with E-state index in [1.54, 1.807) is 19.2 Å². The van der Waals surface area contributed by atoms with Crippen LogP contribution in [-0.2, 0) is 20.9 Å². The maximum Gasteiger partial charge on any atom is 0.336 e. The highest BCUT2D eigenvalue weighted by atomic mass is 35.5. The van der Waals surface area contributed by atoms with Gasteiger partial charge in [0, 0.05) is 28.8 Å². The SMILES string of the molecule is COc1ccc(COC(=O)C2=C(C)NC3=CCCC(=O)C3C2c2ccc(Cl)cc2)cc1. The summed E-state index contributed by atoms with van der Waals surface area (Å²) in [5.74, 6) is -0.415. The van der Waals surface area contributed by atoms with Gasteiger partial charge in [0.1, 0.15) is 18.1 Å². The molecule has 0 fully saturated rings. The summed E-state index contributed by atoms with van der Waals surface area (Å²) in [6, 6.07) is 14.7. The topological polar surface area (TPSA) is 64.6 Å². The van der Waals surface area contributed by atoms with Crippen molar-refractivity contribution < 1.29 is 19.1 Å². The standard InChI is InChI=1S/C25H24ClNO4/c1-15-22(25(29)31-14-16-6-12-19(30-2)13-7-16)23(17-8-10-18(26)11-9-17)24-20(27-15)4-3-5-21(24)28/h4,6-13,23-24,27H,3,5,14H2,1-2H3. The molecule has 160 valence electrons. The summed E-state index contributed by atoms with van der Waals surface area (Å²) in [4.78, 5) is 26.1. The van der Waals surface area contributed by atoms with Crippen LogP contribution in [-0.4, -0.2) is 18.9 Å². The molecule has 0 amide bonds. The van der Waals surface area contributed by atoms with Crippen molar-refractivity contribution in [3.05, 3.63) is 87.7 Å². The number of nitrogens with one attached hydrogen (secondary N) is 1. The zero-order valence-corrected chi connectivity index (χ0v) is 18.2. The number of allylic oxidation sites excluding steroid dienone is 3. The molecule has 0 saturated heterocycles. The molecule has 0 radical (unpaired) electrons. The average molecular weight is 438 g/mol. The number of hydrogen-bond donors (Lipinski definition) is 1. The van der Waals surface area contributed by atoms with Gasteiger partial charge in [-0.2, -0.15) is 0 Å². The number of Topliss-reactive ketones (excluding diaryl/α,β-unsaturated/α-hetero) is 1. The molecule has 6 heteroatoms. The molecule has 0 saturated carbocycles. The first-order chi connectivity index (χ1) is 15.0. The second-order valence-electron chi connectivity index (χ2n) is 7.76. The van der Waals surface area contributed by atoms with E-state index in [9.17, 15) is 9.59 Å². The molecule has 5 nitrogen and oxygen atoms in total. The molecule has 31 heavy (non-hydrogen) atoms. The highest BCUT2D eigenvalue weighted by Gasteiger charge is 2.43. The Balaban J connectivity index is 1.65. The zero-order chi connectivity index (χ0) is 22.0. The van der Waals surface area contributed by atoms with Crippen molar-refractivity contribution in [2.24, 2.45) is 5.92 Å². The van der Waals surface area contributed by atoms with Gasteiger partial charge in [-0.1, -0.05) is 41.9 Å². The van der Waals surface area contributed by atoms with Crippen molar-refractivity contribution in [3.63, 3.8) is 0 Å². The molecule has 2 aromatic carbocycles. The number of hydrogen-bond acceptors (Lipinski definition) is 5. The number of carbonyl (C=O) groups is 2. The molecule has 2 unspecified atom stereocenters. The van der Waals surface area contributed by atoms with Gasteiger partial charge in [0.15, 0.2) is 0 Å². The van der Waals surface area contributed by atoms with E-state index >= 15 is 0 Å². The quantitative estimate of drug-likeness (QED) is 0.673. The summed E-state index contributed by atoms with van der Waals surface area (Å²) in [7, 11) is 1.60. The third kappa shape index (κ3) is 4.37. The van der Waals surface area contributed by atoms with Gasteiger partial charge in [-0.05, 0) is 48.7 Å². The van der Waals surface area contributed by atoms with Crippen LogP contribution in [0.25, 0.3) is 0 Å². The molecule has 2 aliphatic rings. The predicted octanol–water partition coefficient (Wildman–Crippen LogP) is 4.92. The highest BCUT2D eigenvalue weighted by molar-refractivity contribution is 6.30. The van der Waals surface area contributed by atoms with E-state index in [0.717, 1.165) is 22.6 Å². The van der Waals surface area contributed by atoms with Gasteiger partial charge in [-0.3, -0.25) is 4.79 Å². The van der Waals surface area contributed by atoms with E-state index in [1.807, 2.05) is 43.3 Å². The molecule has 0 bridgehead atoms. The molecule has 2 atom stereocenters. The number of rotatable bonds is 5. The Morgan fingerprint density at radius 3 is 2.48 bits per heavy atom. The molecule has 1 heterocycles. The number of ketones is 1. The van der Waals surface area contributed by atoms with Gasteiger partial charge in [0.05, 0.1) is 18.6 Å². The number of esters is 1. The van der Waals surface area contributed by atoms with Crippen LogP contribution in [0.2, 0.25) is 5.02 Å². The summed E-state index contributed by atoms with van der Waals surface area (Å²) in [6.45, 7) is 1.98. The van der Waals surface area contributed by atoms with E-state index in [1.165, 1.54) is 0 Å². The average Bonchev–Trinajstić information content (AvgIpc) is 2.77. The second-order valence-corrected chi connectivity index (χ2v) is 8.20. The van der Waals surface area contributed by atoms with Gasteiger partial charge in [0.25, 0.3) is 0 Å². The normalized spacial score (nSPS) is 20.5. The number of ether oxygens (including phenoxy) is 2. The fraction of sp³-hybridized carbons (Fsp3) is 0.280. The van der Waals surface area contributed by atoms with Crippen LogP contribution in [0.1, 0.15) is 36.8 Å². The van der Waals surface area contributed by atoms with E-state index in [2.05, 4.69) is 11.4 Å². The number of methoxy groups -OCH3 is 1. The number of benzene rings is 2. The van der Waals surface area contributed by atoms with Crippen molar-refractivity contribution in [1.82, 2.24) is 5.32 Å². The van der Waals surface area contributed by atoms with Crippen LogP contribution in [0.3, 0.4) is 0 Å². The van der Waals surface area contributed by atoms with Crippen molar-refractivity contribution in [3.8, 4) is 5.75 Å². The van der Waals surface area contributed by atoms with E-state index in [4.69, 9.17) is 21.1 Å². The van der Waals surface area contributed by atoms with E-state index < -0.39 is 17.8 Å². The van der Waals surface area contributed by atoms with Crippen molar-refractivity contribution >= 4 is 23.4 Å². The maximum atomic E-state index is 13.2. The smallest absolute Gasteiger partial charge is 0.336 e. The zero-order valence-electron chi connectivity index (χ0n) is 17.5. The van der Waals surface area contributed by atoms with Gasteiger partial charge >= 0.3 is 5.97 Å². The second kappa shape index (κ2) is 8.98. The lowest BCUT2D eigenvalue weighted by Crippen LogP contribution is -2.40. The lowest BCUT2D eigenvalue weighted by molar-refractivity contribution is -0.141. The monoisotopic (exact) mass is 437 g/mol. The lowest BCUT2D eigenvalue weighted by atomic mass is 9.71. The van der Waals surface area contributed by atoms with Crippen LogP contribution in [0.15, 0.2) is 71.6 Å². The predicted molar refractivity (Wildman–Crippen MR) is 119 cm³/mol. The minimum atomic E-state index is -0.432. The largest absolute Gasteiger partial charge is 0.497 e. The summed E-state index contributed by atoms with van der Waals surface area (Å²) >= 11 is 6.08. The fourth-order valence-electron chi connectivity index (χ4n) is 4.26. The molecule has 0 aromatic heterocycles. The van der Waals surface area contributed by atoms with Crippen molar-refractivity contribution in [2.45, 2.75) is 32.3 Å². The Morgan fingerprint density at radius 2 is 1.81 bits per heavy atom. The summed E-state index contributed by atoms with van der Waals surface area (Å²) in [5.41, 5.74) is 3.77. The Kier molecular flexibility index (Phi) is 6.14. The first-order valence-electron chi connectivity index (χ1n) is 10.2. The highest BCUT2D eigenvalue weighted by Crippen LogP contribution is 2.44. The lowest BCUT2D eigenvalue weighted by Gasteiger charge is -2.38. The van der Waals surface area contributed by atoms with Gasteiger partial charge in [0.2, 0.25) is 0 Å². The number of halogens is 1. The van der Waals surface area contributed by atoms with Crippen molar-refractivity contribution in [2.75, 3.05) is 7.11 Å². The summed E-state index contributed by atoms with van der Waals surface area (Å²) < 4.78 is 10.8. The van der Waals surface area contributed by atoms with Crippen molar-refractivity contribution in [1.29, 1.82) is 0 Å². The van der Waals surface area contributed by atoms with Gasteiger partial charge in [-0.15, -0.1) is 0 Å². The molecule has 1 aliphatic carbocycles. The van der Waals surface area contributed by atoms with Crippen LogP contribution < -0.4 is 10.1 Å². The molecular weight excluding hydrogens is 414 g/mol. The number of carbonyl (C=O) groups excluding carboxylic acids is 2. The Hall–Kier alpha value is -3.05.